The maximum absolute atomic E-state index is 13.0. The lowest BCUT2D eigenvalue weighted by atomic mass is 9.82. The molecular formula is C52H98N2O8. The molecule has 10 nitrogen and oxygen atoms in total. The van der Waals surface area contributed by atoms with E-state index in [9.17, 15) is 19.2 Å². The van der Waals surface area contributed by atoms with E-state index in [1.807, 2.05) is 14.0 Å². The topological polar surface area (TPSA) is 120 Å². The van der Waals surface area contributed by atoms with Crippen LogP contribution in [-0.2, 0) is 33.3 Å². The average Bonchev–Trinajstić information content (AvgIpc) is 3.23. The lowest BCUT2D eigenvalue weighted by Gasteiger charge is -2.34. The molecular weight excluding hydrogens is 781 g/mol. The van der Waals surface area contributed by atoms with Gasteiger partial charge in [-0.3, -0.25) is 9.59 Å². The first-order chi connectivity index (χ1) is 29.9. The van der Waals surface area contributed by atoms with Crippen LogP contribution >= 0.6 is 0 Å². The zero-order valence-electron chi connectivity index (χ0n) is 41.5. The molecule has 1 amide bonds. The standard InChI is InChI=1S/C52H98N2O8/c1-9-13-15-29-36-46(37-30-25-21-17-19-23-27-33-40-49(56)60-45(5)44-54(8)12-4)52(6,7)62-50(57)41-34-28-24-20-18-22-26-32-39-47(38-31-16-14-10-2)61-51(58)53-42-35-43-59-48(55)11-3/h11,45-47H,3,9-10,12-44H2,1-2,4-8H3,(H,53,58). The highest BCUT2D eigenvalue weighted by Gasteiger charge is 2.32. The highest BCUT2D eigenvalue weighted by atomic mass is 16.6. The van der Waals surface area contributed by atoms with Gasteiger partial charge in [-0.1, -0.05) is 156 Å². The SMILES string of the molecule is C=CC(=O)OCCCNC(=O)OC(CCCCCC)CCCCCCCCCCC(=O)OC(C)(C)C(CCCCCC)CCCCCCCCCCC(=O)OC(C)CN(C)CC. The van der Waals surface area contributed by atoms with Crippen LogP contribution in [0.1, 0.15) is 241 Å². The van der Waals surface area contributed by atoms with Gasteiger partial charge in [0.1, 0.15) is 17.8 Å². The van der Waals surface area contributed by atoms with Gasteiger partial charge in [-0.2, -0.15) is 0 Å². The van der Waals surface area contributed by atoms with E-state index in [1.165, 1.54) is 96.3 Å². The lowest BCUT2D eigenvalue weighted by Crippen LogP contribution is -2.37. The summed E-state index contributed by atoms with van der Waals surface area (Å²) in [5.74, 6) is -0.183. The Labute approximate surface area is 381 Å². The van der Waals surface area contributed by atoms with Gasteiger partial charge in [0.05, 0.1) is 6.61 Å². The van der Waals surface area contributed by atoms with Crippen molar-refractivity contribution in [3.8, 4) is 0 Å². The fraction of sp³-hybridized carbons (Fsp3) is 0.885. The number of alkyl carbamates (subject to hydrolysis) is 1. The van der Waals surface area contributed by atoms with Gasteiger partial charge in [0.2, 0.25) is 0 Å². The number of hydrogen-bond donors (Lipinski definition) is 1. The summed E-state index contributed by atoms with van der Waals surface area (Å²) in [6, 6.07) is 0. The number of esters is 3. The number of nitrogens with zero attached hydrogens (tertiary/aromatic N) is 1. The van der Waals surface area contributed by atoms with Gasteiger partial charge in [0, 0.05) is 32.0 Å². The van der Waals surface area contributed by atoms with Crippen LogP contribution in [0, 0.1) is 5.92 Å². The molecule has 0 rings (SSSR count). The Balaban J connectivity index is 4.34. The van der Waals surface area contributed by atoms with Crippen LogP contribution in [0.4, 0.5) is 4.79 Å². The molecule has 0 bridgehead atoms. The predicted molar refractivity (Wildman–Crippen MR) is 256 cm³/mol. The molecule has 3 atom stereocenters. The van der Waals surface area contributed by atoms with Gasteiger partial charge in [0.25, 0.3) is 0 Å². The Hall–Kier alpha value is -2.62. The summed E-state index contributed by atoms with van der Waals surface area (Å²) >= 11 is 0. The summed E-state index contributed by atoms with van der Waals surface area (Å²) < 4.78 is 22.5. The van der Waals surface area contributed by atoms with Crippen molar-refractivity contribution in [3.63, 3.8) is 0 Å². The Morgan fingerprint density at radius 3 is 1.55 bits per heavy atom. The van der Waals surface area contributed by atoms with Crippen molar-refractivity contribution in [3.05, 3.63) is 12.7 Å². The van der Waals surface area contributed by atoms with E-state index in [-0.39, 0.29) is 30.8 Å². The third kappa shape index (κ3) is 36.8. The highest BCUT2D eigenvalue weighted by molar-refractivity contribution is 5.81. The van der Waals surface area contributed by atoms with E-state index in [0.29, 0.717) is 31.7 Å². The molecule has 10 heteroatoms. The van der Waals surface area contributed by atoms with Crippen molar-refractivity contribution in [2.24, 2.45) is 5.92 Å². The smallest absolute Gasteiger partial charge is 0.407 e. The maximum atomic E-state index is 13.0. The fourth-order valence-corrected chi connectivity index (χ4v) is 8.14. The molecule has 364 valence electrons. The summed E-state index contributed by atoms with van der Waals surface area (Å²) in [7, 11) is 2.04. The fourth-order valence-electron chi connectivity index (χ4n) is 8.14. The Morgan fingerprint density at radius 2 is 1.06 bits per heavy atom. The van der Waals surface area contributed by atoms with Crippen molar-refractivity contribution in [1.82, 2.24) is 10.2 Å². The largest absolute Gasteiger partial charge is 0.462 e. The Kier molecular flexibility index (Phi) is 39.4. The molecule has 0 aromatic rings. The highest BCUT2D eigenvalue weighted by Crippen LogP contribution is 2.32. The quantitative estimate of drug-likeness (QED) is 0.0276. The van der Waals surface area contributed by atoms with Crippen LogP contribution in [0.25, 0.3) is 0 Å². The van der Waals surface area contributed by atoms with Gasteiger partial charge >= 0.3 is 24.0 Å². The van der Waals surface area contributed by atoms with Crippen LogP contribution in [0.15, 0.2) is 12.7 Å². The molecule has 0 aliphatic rings. The van der Waals surface area contributed by atoms with E-state index >= 15 is 0 Å². The Bertz CT molecular complexity index is 1110. The zero-order chi connectivity index (χ0) is 46.1. The maximum Gasteiger partial charge on any atom is 0.407 e. The monoisotopic (exact) mass is 879 g/mol. The van der Waals surface area contributed by atoms with E-state index in [1.54, 1.807) is 0 Å². The van der Waals surface area contributed by atoms with Gasteiger partial charge in [0.15, 0.2) is 0 Å². The Morgan fingerprint density at radius 1 is 0.613 bits per heavy atom. The number of rotatable bonds is 44. The van der Waals surface area contributed by atoms with Crippen LogP contribution in [0.5, 0.6) is 0 Å². The molecule has 0 fully saturated rings. The summed E-state index contributed by atoms with van der Waals surface area (Å²) in [4.78, 5) is 50.9. The molecule has 0 aromatic carbocycles. The van der Waals surface area contributed by atoms with Gasteiger partial charge in [-0.25, -0.2) is 9.59 Å². The molecule has 3 unspecified atom stereocenters. The number of nitrogens with one attached hydrogen (secondary N) is 1. The minimum absolute atomic E-state index is 0.0467. The first-order valence-electron chi connectivity index (χ1n) is 25.7. The number of carbonyl (C=O) groups excluding carboxylic acids is 4. The summed E-state index contributed by atoms with van der Waals surface area (Å²) in [6.07, 6.45) is 33.8. The van der Waals surface area contributed by atoms with E-state index < -0.39 is 17.7 Å². The van der Waals surface area contributed by atoms with Crippen LogP contribution < -0.4 is 5.32 Å². The molecule has 1 N–H and O–H groups in total. The first kappa shape index (κ1) is 59.4. The van der Waals surface area contributed by atoms with Crippen molar-refractivity contribution in [1.29, 1.82) is 0 Å². The van der Waals surface area contributed by atoms with Crippen molar-refractivity contribution < 1.29 is 38.1 Å². The molecule has 0 spiro atoms. The number of amides is 1. The average molecular weight is 879 g/mol. The van der Waals surface area contributed by atoms with E-state index in [4.69, 9.17) is 18.9 Å². The number of hydrogen-bond acceptors (Lipinski definition) is 9. The minimum atomic E-state index is -0.458. The molecule has 0 heterocycles. The van der Waals surface area contributed by atoms with Crippen LogP contribution in [-0.4, -0.2) is 80.0 Å². The predicted octanol–water partition coefficient (Wildman–Crippen LogP) is 13.8. The second-order valence-electron chi connectivity index (χ2n) is 18.5. The summed E-state index contributed by atoms with van der Waals surface area (Å²) in [5.41, 5.74) is -0.444. The molecule has 0 saturated heterocycles. The third-order valence-corrected chi connectivity index (χ3v) is 12.2. The lowest BCUT2D eigenvalue weighted by molar-refractivity contribution is -0.162. The second-order valence-corrected chi connectivity index (χ2v) is 18.5. The molecule has 0 aromatic heterocycles. The number of carbonyl (C=O) groups is 4. The molecule has 62 heavy (non-hydrogen) atoms. The summed E-state index contributed by atoms with van der Waals surface area (Å²) in [6.45, 7) is 18.6. The number of likely N-dealkylation sites (N-methyl/N-ethyl adjacent to an activating group) is 1. The van der Waals surface area contributed by atoms with E-state index in [0.717, 1.165) is 103 Å². The van der Waals surface area contributed by atoms with Crippen molar-refractivity contribution in [2.45, 2.75) is 258 Å². The summed E-state index contributed by atoms with van der Waals surface area (Å²) in [5, 5.41) is 2.79. The van der Waals surface area contributed by atoms with Crippen molar-refractivity contribution >= 4 is 24.0 Å². The molecule has 0 saturated carbocycles. The molecule has 0 radical (unpaired) electrons. The zero-order valence-corrected chi connectivity index (χ0v) is 41.5. The first-order valence-corrected chi connectivity index (χ1v) is 25.7. The van der Waals surface area contributed by atoms with Crippen molar-refractivity contribution in [2.75, 3.05) is 33.3 Å². The van der Waals surface area contributed by atoms with Crippen LogP contribution in [0.3, 0.4) is 0 Å². The third-order valence-electron chi connectivity index (χ3n) is 12.2. The van der Waals surface area contributed by atoms with Crippen LogP contribution in [0.2, 0.25) is 0 Å². The van der Waals surface area contributed by atoms with Gasteiger partial charge in [-0.05, 0) is 98.1 Å². The van der Waals surface area contributed by atoms with Gasteiger partial charge in [-0.15, -0.1) is 0 Å². The number of ether oxygens (including phenoxy) is 4. The minimum Gasteiger partial charge on any atom is -0.462 e. The second kappa shape index (κ2) is 41.1. The van der Waals surface area contributed by atoms with E-state index in [2.05, 4.69) is 51.4 Å². The number of unbranched alkanes of at least 4 members (excludes halogenated alkanes) is 20. The van der Waals surface area contributed by atoms with Gasteiger partial charge < -0.3 is 29.2 Å². The normalized spacial score (nSPS) is 13.0. The molecule has 0 aliphatic carbocycles. The molecule has 0 aliphatic heterocycles.